The summed E-state index contributed by atoms with van der Waals surface area (Å²) in [6.45, 7) is 3.85. The minimum absolute atomic E-state index is 0.221. The summed E-state index contributed by atoms with van der Waals surface area (Å²) in [6.07, 6.45) is 17.9. The van der Waals surface area contributed by atoms with Crippen molar-refractivity contribution in [1.82, 2.24) is 4.57 Å². The first-order chi connectivity index (χ1) is 30.1. The van der Waals surface area contributed by atoms with Gasteiger partial charge in [-0.2, -0.15) is 0 Å². The second-order valence-corrected chi connectivity index (χ2v) is 16.0. The molecule has 0 aliphatic carbocycles. The molecule has 0 amide bonds. The van der Waals surface area contributed by atoms with Crippen LogP contribution >= 0.6 is 0 Å². The van der Waals surface area contributed by atoms with Crippen LogP contribution in [0.5, 0.6) is 28.7 Å². The highest BCUT2D eigenvalue weighted by molar-refractivity contribution is 5.92. The van der Waals surface area contributed by atoms with Gasteiger partial charge in [-0.25, -0.2) is 0 Å². The van der Waals surface area contributed by atoms with Crippen molar-refractivity contribution in [2.24, 2.45) is 0 Å². The standard InChI is InChI=1S/C54H65NO6/c1-4-5-6-7-8-9-10-11-12-13-14-15-16-26-35-55-47-37-46(57-2)38-50(60-40-43-29-22-18-23-30-43)51(47)53(56)54(61-41-44-31-24-19-25-32-44)52(55)45-33-34-48(49(36-45)58-3)59-39-42-27-20-17-21-28-42/h17-25,27-34,36-38H,4-16,26,35,39-41H2,1-3H3. The maximum Gasteiger partial charge on any atom is 0.235 e. The Labute approximate surface area is 363 Å². The lowest BCUT2D eigenvalue weighted by Gasteiger charge is -2.23. The van der Waals surface area contributed by atoms with Crippen LogP contribution in [0.4, 0.5) is 0 Å². The van der Waals surface area contributed by atoms with Crippen LogP contribution < -0.4 is 29.1 Å². The van der Waals surface area contributed by atoms with E-state index in [9.17, 15) is 0 Å². The molecule has 1 aromatic heterocycles. The Kier molecular flexibility index (Phi) is 18.0. The van der Waals surface area contributed by atoms with Gasteiger partial charge in [0.25, 0.3) is 0 Å². The summed E-state index contributed by atoms with van der Waals surface area (Å²) in [5, 5.41) is 0.462. The van der Waals surface area contributed by atoms with Gasteiger partial charge in [-0.3, -0.25) is 4.79 Å². The van der Waals surface area contributed by atoms with Crippen molar-refractivity contribution in [3.05, 3.63) is 148 Å². The molecular formula is C54H65NO6. The molecule has 0 bridgehead atoms. The molecule has 0 radical (unpaired) electrons. The number of pyridine rings is 1. The Morgan fingerprint density at radius 3 is 1.48 bits per heavy atom. The highest BCUT2D eigenvalue weighted by Crippen LogP contribution is 2.40. The van der Waals surface area contributed by atoms with E-state index in [0.29, 0.717) is 53.8 Å². The van der Waals surface area contributed by atoms with Crippen LogP contribution in [-0.2, 0) is 26.4 Å². The molecule has 0 fully saturated rings. The fraction of sp³-hybridized carbons (Fsp3) is 0.389. The van der Waals surface area contributed by atoms with Gasteiger partial charge in [-0.15, -0.1) is 0 Å². The lowest BCUT2D eigenvalue weighted by Crippen LogP contribution is -2.18. The first kappa shape index (κ1) is 44.9. The van der Waals surface area contributed by atoms with Crippen LogP contribution in [0.15, 0.2) is 126 Å². The lowest BCUT2D eigenvalue weighted by molar-refractivity contribution is 0.284. The molecule has 61 heavy (non-hydrogen) atoms. The third-order valence-corrected chi connectivity index (χ3v) is 11.4. The Morgan fingerprint density at radius 2 is 0.967 bits per heavy atom. The third kappa shape index (κ3) is 13.1. The molecule has 0 saturated heterocycles. The maximum absolute atomic E-state index is 15.1. The topological polar surface area (TPSA) is 68.2 Å². The highest BCUT2D eigenvalue weighted by Gasteiger charge is 2.25. The minimum Gasteiger partial charge on any atom is -0.497 e. The van der Waals surface area contributed by atoms with Gasteiger partial charge in [-0.1, -0.05) is 181 Å². The normalized spacial score (nSPS) is 11.1. The lowest BCUT2D eigenvalue weighted by atomic mass is 10.0. The average Bonchev–Trinajstić information content (AvgIpc) is 3.31. The zero-order valence-corrected chi connectivity index (χ0v) is 36.7. The zero-order valence-electron chi connectivity index (χ0n) is 36.7. The van der Waals surface area contributed by atoms with Crippen molar-refractivity contribution < 1.29 is 23.7 Å². The third-order valence-electron chi connectivity index (χ3n) is 11.4. The van der Waals surface area contributed by atoms with Gasteiger partial charge < -0.3 is 28.3 Å². The number of hydrogen-bond acceptors (Lipinski definition) is 6. The highest BCUT2D eigenvalue weighted by atomic mass is 16.5. The van der Waals surface area contributed by atoms with Crippen molar-refractivity contribution in [1.29, 1.82) is 0 Å². The summed E-state index contributed by atoms with van der Waals surface area (Å²) in [6, 6.07) is 39.6. The molecule has 322 valence electrons. The second kappa shape index (κ2) is 24.5. The molecule has 6 rings (SSSR count). The molecule has 0 atom stereocenters. The molecule has 0 aliphatic rings. The van der Waals surface area contributed by atoms with E-state index in [1.54, 1.807) is 14.2 Å². The van der Waals surface area contributed by atoms with Crippen LogP contribution in [0, 0.1) is 0 Å². The molecule has 0 unspecified atom stereocenters. The van der Waals surface area contributed by atoms with E-state index < -0.39 is 0 Å². The largest absolute Gasteiger partial charge is 0.497 e. The van der Waals surface area contributed by atoms with Gasteiger partial charge >= 0.3 is 0 Å². The first-order valence-electron chi connectivity index (χ1n) is 22.6. The molecule has 0 spiro atoms. The number of methoxy groups -OCH3 is 2. The predicted octanol–water partition coefficient (Wildman–Crippen LogP) is 13.9. The van der Waals surface area contributed by atoms with E-state index in [1.165, 1.54) is 70.6 Å². The van der Waals surface area contributed by atoms with E-state index in [0.717, 1.165) is 47.0 Å². The van der Waals surface area contributed by atoms with Gasteiger partial charge in [0.1, 0.15) is 31.3 Å². The monoisotopic (exact) mass is 823 g/mol. The number of benzene rings is 5. The molecule has 7 heteroatoms. The van der Waals surface area contributed by atoms with Crippen molar-refractivity contribution in [2.45, 2.75) is 123 Å². The Bertz CT molecular complexity index is 2250. The van der Waals surface area contributed by atoms with Gasteiger partial charge in [0.2, 0.25) is 5.43 Å². The number of fused-ring (bicyclic) bond motifs is 1. The average molecular weight is 824 g/mol. The predicted molar refractivity (Wildman–Crippen MR) is 249 cm³/mol. The minimum atomic E-state index is -0.243. The smallest absolute Gasteiger partial charge is 0.235 e. The molecule has 7 nitrogen and oxygen atoms in total. The van der Waals surface area contributed by atoms with Crippen molar-refractivity contribution in [2.75, 3.05) is 14.2 Å². The number of rotatable bonds is 27. The first-order valence-corrected chi connectivity index (χ1v) is 22.6. The summed E-state index contributed by atoms with van der Waals surface area (Å²) < 4.78 is 33.5. The van der Waals surface area contributed by atoms with Crippen LogP contribution in [0.25, 0.3) is 22.2 Å². The van der Waals surface area contributed by atoms with Gasteiger partial charge in [0, 0.05) is 24.2 Å². The van der Waals surface area contributed by atoms with E-state index in [4.69, 9.17) is 23.7 Å². The van der Waals surface area contributed by atoms with E-state index in [-0.39, 0.29) is 17.8 Å². The molecule has 0 N–H and O–H groups in total. The van der Waals surface area contributed by atoms with Crippen LogP contribution in [-0.4, -0.2) is 18.8 Å². The molecular weight excluding hydrogens is 759 g/mol. The fourth-order valence-corrected chi connectivity index (χ4v) is 7.97. The molecule has 5 aromatic carbocycles. The maximum atomic E-state index is 15.1. The van der Waals surface area contributed by atoms with Gasteiger partial charge in [-0.05, 0) is 41.3 Å². The Hall–Kier alpha value is -5.69. The van der Waals surface area contributed by atoms with Crippen molar-refractivity contribution in [3.63, 3.8) is 0 Å². The summed E-state index contributed by atoms with van der Waals surface area (Å²) in [5.41, 5.74) is 4.97. The fourth-order valence-electron chi connectivity index (χ4n) is 7.97. The molecule has 6 aromatic rings. The van der Waals surface area contributed by atoms with Crippen LogP contribution in [0.2, 0.25) is 0 Å². The van der Waals surface area contributed by atoms with Crippen LogP contribution in [0.1, 0.15) is 114 Å². The summed E-state index contributed by atoms with van der Waals surface area (Å²) in [4.78, 5) is 15.1. The quantitative estimate of drug-likeness (QED) is 0.0482. The number of aromatic nitrogens is 1. The van der Waals surface area contributed by atoms with Gasteiger partial charge in [0.05, 0.1) is 30.8 Å². The van der Waals surface area contributed by atoms with Gasteiger partial charge in [0.15, 0.2) is 17.2 Å². The SMILES string of the molecule is CCCCCCCCCCCCCCCCn1c(-c2ccc(OCc3ccccc3)c(OC)c2)c(OCc2ccccc2)c(=O)c2c(OCc3ccccc3)cc(OC)cc21. The number of unbranched alkanes of at least 4 members (excludes halogenated alkanes) is 13. The molecule has 0 aliphatic heterocycles. The Balaban J connectivity index is 1.33. The van der Waals surface area contributed by atoms with E-state index in [1.807, 2.05) is 121 Å². The Morgan fingerprint density at radius 1 is 0.475 bits per heavy atom. The molecule has 1 heterocycles. The number of ether oxygens (including phenoxy) is 5. The van der Waals surface area contributed by atoms with Crippen molar-refractivity contribution in [3.8, 4) is 40.0 Å². The number of aryl methyl sites for hydroxylation is 1. The number of hydrogen-bond donors (Lipinski definition) is 0. The number of nitrogens with zero attached hydrogens (tertiary/aromatic N) is 1. The summed E-state index contributed by atoms with van der Waals surface area (Å²) >= 11 is 0. The summed E-state index contributed by atoms with van der Waals surface area (Å²) in [7, 11) is 3.29. The molecule has 0 saturated carbocycles. The van der Waals surface area contributed by atoms with E-state index >= 15 is 4.79 Å². The summed E-state index contributed by atoms with van der Waals surface area (Å²) in [5.74, 6) is 2.50. The van der Waals surface area contributed by atoms with E-state index in [2.05, 4.69) is 11.5 Å². The zero-order chi connectivity index (χ0) is 42.5. The van der Waals surface area contributed by atoms with Crippen molar-refractivity contribution >= 4 is 10.9 Å². The van der Waals surface area contributed by atoms with Crippen LogP contribution in [0.3, 0.4) is 0 Å². The second-order valence-electron chi connectivity index (χ2n) is 16.0.